The van der Waals surface area contributed by atoms with Crippen molar-refractivity contribution in [1.82, 2.24) is 0 Å². The molecule has 0 fully saturated rings. The van der Waals surface area contributed by atoms with Gasteiger partial charge in [-0.1, -0.05) is 24.3 Å². The third-order valence-corrected chi connectivity index (χ3v) is 2.89. The van der Waals surface area contributed by atoms with Gasteiger partial charge in [-0.05, 0) is 29.3 Å². The molecule has 0 radical (unpaired) electrons. The van der Waals surface area contributed by atoms with Crippen molar-refractivity contribution in [2.45, 2.75) is 12.6 Å². The van der Waals surface area contributed by atoms with Crippen LogP contribution in [-0.4, -0.2) is 6.29 Å². The van der Waals surface area contributed by atoms with Crippen LogP contribution in [0.5, 0.6) is 0 Å². The number of hydrogen-bond acceptors (Lipinski definition) is 1. The molecule has 0 bridgehead atoms. The molecule has 0 aromatic heterocycles. The number of alkyl halides is 3. The highest BCUT2D eigenvalue weighted by molar-refractivity contribution is 5.74. The summed E-state index contributed by atoms with van der Waals surface area (Å²) in [6.07, 6.45) is -3.68. The minimum Gasteiger partial charge on any atom is -0.298 e. The zero-order valence-electron chi connectivity index (χ0n) is 10.2. The first-order valence-corrected chi connectivity index (χ1v) is 5.80. The van der Waals surface area contributed by atoms with Crippen LogP contribution < -0.4 is 0 Å². The summed E-state index contributed by atoms with van der Waals surface area (Å²) in [5.41, 5.74) is 0.378. The van der Waals surface area contributed by atoms with Crippen LogP contribution >= 0.6 is 0 Å². The molecule has 2 aromatic carbocycles. The SMILES string of the molecule is O=Cc1ccc(Cc2ccc(C(F)(F)F)cc2)c(F)c1. The van der Waals surface area contributed by atoms with E-state index in [1.165, 1.54) is 24.3 Å². The van der Waals surface area contributed by atoms with Gasteiger partial charge >= 0.3 is 6.18 Å². The molecule has 0 saturated carbocycles. The molecule has 20 heavy (non-hydrogen) atoms. The van der Waals surface area contributed by atoms with Gasteiger partial charge in [0.2, 0.25) is 0 Å². The number of benzene rings is 2. The number of carbonyl (C=O) groups excluding carboxylic acids is 1. The highest BCUT2D eigenvalue weighted by atomic mass is 19.4. The van der Waals surface area contributed by atoms with Crippen LogP contribution in [0.1, 0.15) is 27.0 Å². The molecule has 0 atom stereocenters. The van der Waals surface area contributed by atoms with Crippen LogP contribution in [0.3, 0.4) is 0 Å². The summed E-state index contributed by atoms with van der Waals surface area (Å²) in [7, 11) is 0. The maximum atomic E-state index is 13.7. The highest BCUT2D eigenvalue weighted by Crippen LogP contribution is 2.29. The van der Waals surface area contributed by atoms with Gasteiger partial charge in [0.25, 0.3) is 0 Å². The summed E-state index contributed by atoms with van der Waals surface area (Å²) < 4.78 is 50.9. The quantitative estimate of drug-likeness (QED) is 0.607. The van der Waals surface area contributed by atoms with E-state index >= 15 is 0 Å². The Balaban J connectivity index is 2.20. The van der Waals surface area contributed by atoms with E-state index in [0.29, 0.717) is 17.4 Å². The minimum absolute atomic E-state index is 0.170. The molecule has 0 aliphatic rings. The maximum absolute atomic E-state index is 13.7. The first-order valence-electron chi connectivity index (χ1n) is 5.80. The van der Waals surface area contributed by atoms with E-state index < -0.39 is 17.6 Å². The summed E-state index contributed by atoms with van der Waals surface area (Å²) in [6, 6.07) is 8.59. The third-order valence-electron chi connectivity index (χ3n) is 2.89. The van der Waals surface area contributed by atoms with Gasteiger partial charge in [-0.25, -0.2) is 4.39 Å². The highest BCUT2D eigenvalue weighted by Gasteiger charge is 2.29. The molecule has 2 aromatic rings. The van der Waals surface area contributed by atoms with Crippen LogP contribution in [0.15, 0.2) is 42.5 Å². The largest absolute Gasteiger partial charge is 0.416 e. The normalized spacial score (nSPS) is 11.4. The van der Waals surface area contributed by atoms with Crippen LogP contribution in [-0.2, 0) is 12.6 Å². The maximum Gasteiger partial charge on any atom is 0.416 e. The molecule has 0 saturated heterocycles. The lowest BCUT2D eigenvalue weighted by atomic mass is 10.0. The standard InChI is InChI=1S/C15H10F4O/c16-14-8-11(9-20)1-4-12(14)7-10-2-5-13(6-3-10)15(17,18)19/h1-6,8-9H,7H2. The molecule has 0 aliphatic carbocycles. The van der Waals surface area contributed by atoms with Gasteiger partial charge in [-0.15, -0.1) is 0 Å². The van der Waals surface area contributed by atoms with E-state index in [0.717, 1.165) is 18.2 Å². The molecule has 0 N–H and O–H groups in total. The van der Waals surface area contributed by atoms with E-state index in [9.17, 15) is 22.4 Å². The van der Waals surface area contributed by atoms with Crippen molar-refractivity contribution in [1.29, 1.82) is 0 Å². The van der Waals surface area contributed by atoms with E-state index in [2.05, 4.69) is 0 Å². The summed E-state index contributed by atoms with van der Waals surface area (Å²) in [5, 5.41) is 0. The monoisotopic (exact) mass is 282 g/mol. The lowest BCUT2D eigenvalue weighted by Gasteiger charge is -2.08. The Morgan fingerprint density at radius 2 is 1.65 bits per heavy atom. The van der Waals surface area contributed by atoms with Gasteiger partial charge in [-0.3, -0.25) is 4.79 Å². The second kappa shape index (κ2) is 5.45. The fraction of sp³-hybridized carbons (Fsp3) is 0.133. The van der Waals surface area contributed by atoms with E-state index in [-0.39, 0.29) is 12.0 Å². The zero-order chi connectivity index (χ0) is 14.8. The fourth-order valence-electron chi connectivity index (χ4n) is 1.81. The summed E-state index contributed by atoms with van der Waals surface area (Å²) >= 11 is 0. The molecule has 2 rings (SSSR count). The molecule has 0 aliphatic heterocycles. The topological polar surface area (TPSA) is 17.1 Å². The molecular weight excluding hydrogens is 272 g/mol. The van der Waals surface area contributed by atoms with Crippen molar-refractivity contribution in [3.63, 3.8) is 0 Å². The third kappa shape index (κ3) is 3.23. The average molecular weight is 282 g/mol. The lowest BCUT2D eigenvalue weighted by Crippen LogP contribution is -2.04. The van der Waals surface area contributed by atoms with Crippen LogP contribution in [0.4, 0.5) is 17.6 Å². The zero-order valence-corrected chi connectivity index (χ0v) is 10.2. The predicted octanol–water partition coefficient (Wildman–Crippen LogP) is 4.25. The number of rotatable bonds is 3. The molecule has 0 spiro atoms. The molecule has 0 heterocycles. The lowest BCUT2D eigenvalue weighted by molar-refractivity contribution is -0.137. The molecular formula is C15H10F4O. The van der Waals surface area contributed by atoms with Crippen molar-refractivity contribution in [3.05, 3.63) is 70.5 Å². The van der Waals surface area contributed by atoms with Crippen molar-refractivity contribution in [3.8, 4) is 0 Å². The molecule has 0 unspecified atom stereocenters. The van der Waals surface area contributed by atoms with Gasteiger partial charge in [0, 0.05) is 12.0 Å². The Labute approximate surface area is 112 Å². The molecule has 104 valence electrons. The van der Waals surface area contributed by atoms with Crippen molar-refractivity contribution < 1.29 is 22.4 Å². The van der Waals surface area contributed by atoms with Crippen molar-refractivity contribution in [2.24, 2.45) is 0 Å². The Morgan fingerprint density at radius 3 is 2.15 bits per heavy atom. The number of hydrogen-bond donors (Lipinski definition) is 0. The van der Waals surface area contributed by atoms with Crippen molar-refractivity contribution in [2.75, 3.05) is 0 Å². The Hall–Kier alpha value is -2.17. The Morgan fingerprint density at radius 1 is 1.00 bits per heavy atom. The van der Waals surface area contributed by atoms with Crippen molar-refractivity contribution >= 4 is 6.29 Å². The fourth-order valence-corrected chi connectivity index (χ4v) is 1.81. The summed E-state index contributed by atoms with van der Waals surface area (Å²) in [4.78, 5) is 10.5. The van der Waals surface area contributed by atoms with Gasteiger partial charge in [0.15, 0.2) is 0 Å². The second-order valence-corrected chi connectivity index (χ2v) is 4.34. The number of carbonyl (C=O) groups is 1. The Bertz CT molecular complexity index is 615. The van der Waals surface area contributed by atoms with Crippen LogP contribution in [0, 0.1) is 5.82 Å². The van der Waals surface area contributed by atoms with Gasteiger partial charge in [-0.2, -0.15) is 13.2 Å². The smallest absolute Gasteiger partial charge is 0.298 e. The summed E-state index contributed by atoms with van der Waals surface area (Å²) in [5.74, 6) is -0.547. The molecule has 0 amide bonds. The molecule has 1 nitrogen and oxygen atoms in total. The number of aldehydes is 1. The summed E-state index contributed by atoms with van der Waals surface area (Å²) in [6.45, 7) is 0. The average Bonchev–Trinajstić information content (AvgIpc) is 2.40. The second-order valence-electron chi connectivity index (χ2n) is 4.34. The van der Waals surface area contributed by atoms with Gasteiger partial charge < -0.3 is 0 Å². The number of halogens is 4. The minimum atomic E-state index is -4.38. The van der Waals surface area contributed by atoms with E-state index in [1.54, 1.807) is 0 Å². The van der Waals surface area contributed by atoms with E-state index in [1.807, 2.05) is 0 Å². The Kier molecular flexibility index (Phi) is 3.88. The van der Waals surface area contributed by atoms with Crippen LogP contribution in [0.2, 0.25) is 0 Å². The molecule has 5 heteroatoms. The van der Waals surface area contributed by atoms with Gasteiger partial charge in [0.05, 0.1) is 5.56 Å². The van der Waals surface area contributed by atoms with Crippen LogP contribution in [0.25, 0.3) is 0 Å². The first-order chi connectivity index (χ1) is 9.40. The van der Waals surface area contributed by atoms with E-state index in [4.69, 9.17) is 0 Å². The first kappa shape index (κ1) is 14.2. The van der Waals surface area contributed by atoms with Gasteiger partial charge in [0.1, 0.15) is 12.1 Å². The predicted molar refractivity (Wildman–Crippen MR) is 66.0 cm³/mol.